The van der Waals surface area contributed by atoms with Crippen LogP contribution in [0.1, 0.15) is 5.56 Å². The van der Waals surface area contributed by atoms with Crippen LogP contribution in [0.3, 0.4) is 0 Å². The fourth-order valence-electron chi connectivity index (χ4n) is 0.920. The zero-order chi connectivity index (χ0) is 9.14. The zero-order valence-electron chi connectivity index (χ0n) is 7.61. The van der Waals surface area contributed by atoms with E-state index in [9.17, 15) is 14.7 Å². The Bertz CT molecular complexity index is 359. The number of pyridine rings is 1. The smallest absolute Gasteiger partial charge is 0.548 e. The summed E-state index contributed by atoms with van der Waals surface area (Å²) >= 11 is 0. The van der Waals surface area contributed by atoms with Gasteiger partial charge in [0, 0.05) is 11.8 Å². The molecule has 1 aromatic heterocycles. The van der Waals surface area contributed by atoms with E-state index in [1.54, 1.807) is 19.1 Å². The first kappa shape index (κ1) is 12.4. The van der Waals surface area contributed by atoms with E-state index in [0.717, 1.165) is 4.57 Å². The summed E-state index contributed by atoms with van der Waals surface area (Å²) in [6, 6.07) is 3.26. The molecule has 0 unspecified atom stereocenters. The summed E-state index contributed by atoms with van der Waals surface area (Å²) < 4.78 is 1.10. The van der Waals surface area contributed by atoms with Crippen LogP contribution in [0.15, 0.2) is 23.1 Å². The maximum atomic E-state index is 11.2. The average molecular weight is 189 g/mol. The van der Waals surface area contributed by atoms with Crippen molar-refractivity contribution in [2.75, 3.05) is 0 Å². The third-order valence-electron chi connectivity index (χ3n) is 1.51. The number of nitrogens with zero attached hydrogens (tertiary/aromatic N) is 1. The SMILES string of the molecule is Cc1cccn(CC(=O)[O-])c1=O.[Na+]. The number of aryl methyl sites for hydroxylation is 1. The molecule has 13 heavy (non-hydrogen) atoms. The van der Waals surface area contributed by atoms with Crippen LogP contribution >= 0.6 is 0 Å². The van der Waals surface area contributed by atoms with Crippen molar-refractivity contribution in [1.29, 1.82) is 0 Å². The van der Waals surface area contributed by atoms with Gasteiger partial charge in [0.25, 0.3) is 5.56 Å². The van der Waals surface area contributed by atoms with Crippen LogP contribution in [0.2, 0.25) is 0 Å². The number of aromatic nitrogens is 1. The predicted molar refractivity (Wildman–Crippen MR) is 40.4 cm³/mol. The fraction of sp³-hybridized carbons (Fsp3) is 0.250. The van der Waals surface area contributed by atoms with Crippen LogP contribution in [0, 0.1) is 6.92 Å². The van der Waals surface area contributed by atoms with Crippen molar-refractivity contribution in [3.05, 3.63) is 34.2 Å². The standard InChI is InChI=1S/C8H9NO3.Na/c1-6-3-2-4-9(8(6)12)5-7(10)11;/h2-4H,5H2,1H3,(H,10,11);/q;+1/p-1. The summed E-state index contributed by atoms with van der Waals surface area (Å²) in [5.74, 6) is -1.26. The van der Waals surface area contributed by atoms with Gasteiger partial charge in [0.15, 0.2) is 0 Å². The minimum atomic E-state index is -1.26. The van der Waals surface area contributed by atoms with E-state index in [1.165, 1.54) is 6.20 Å². The van der Waals surface area contributed by atoms with E-state index in [2.05, 4.69) is 0 Å². The van der Waals surface area contributed by atoms with Crippen molar-refractivity contribution in [2.45, 2.75) is 13.5 Å². The van der Waals surface area contributed by atoms with Crippen molar-refractivity contribution in [1.82, 2.24) is 4.57 Å². The number of rotatable bonds is 2. The number of carboxylic acid groups (broad SMARTS) is 1. The first-order valence-electron chi connectivity index (χ1n) is 3.47. The minimum Gasteiger partial charge on any atom is -0.548 e. The quantitative estimate of drug-likeness (QED) is 0.444. The Morgan fingerprint density at radius 3 is 2.77 bits per heavy atom. The van der Waals surface area contributed by atoms with Gasteiger partial charge < -0.3 is 14.5 Å². The molecule has 0 aliphatic rings. The molecule has 1 heterocycles. The maximum absolute atomic E-state index is 11.2. The number of carboxylic acids is 1. The van der Waals surface area contributed by atoms with E-state index in [0.29, 0.717) is 5.56 Å². The Morgan fingerprint density at radius 1 is 1.62 bits per heavy atom. The van der Waals surface area contributed by atoms with Gasteiger partial charge in [-0.05, 0) is 13.0 Å². The molecule has 0 saturated carbocycles. The molecule has 0 aliphatic heterocycles. The summed E-state index contributed by atoms with van der Waals surface area (Å²) in [4.78, 5) is 21.3. The van der Waals surface area contributed by atoms with E-state index in [1.807, 2.05) is 0 Å². The van der Waals surface area contributed by atoms with E-state index in [4.69, 9.17) is 0 Å². The average Bonchev–Trinajstić information content (AvgIpc) is 1.98. The molecule has 0 saturated heterocycles. The largest absolute Gasteiger partial charge is 1.00 e. The molecule has 1 aromatic rings. The first-order chi connectivity index (χ1) is 5.61. The van der Waals surface area contributed by atoms with Crippen molar-refractivity contribution in [2.24, 2.45) is 0 Å². The summed E-state index contributed by atoms with van der Waals surface area (Å²) in [6.45, 7) is 1.24. The van der Waals surface area contributed by atoms with Crippen LogP contribution in [-0.2, 0) is 11.3 Å². The molecule has 0 aliphatic carbocycles. The molecule has 0 N–H and O–H groups in total. The van der Waals surface area contributed by atoms with Gasteiger partial charge in [0.05, 0.1) is 12.5 Å². The number of aliphatic carboxylic acids is 1. The third-order valence-corrected chi connectivity index (χ3v) is 1.51. The van der Waals surface area contributed by atoms with Crippen LogP contribution in [0.4, 0.5) is 0 Å². The Balaban J connectivity index is 0.00000144. The summed E-state index contributed by atoms with van der Waals surface area (Å²) in [5.41, 5.74) is 0.237. The van der Waals surface area contributed by atoms with Gasteiger partial charge in [-0.15, -0.1) is 0 Å². The molecule has 0 amide bonds. The monoisotopic (exact) mass is 189 g/mol. The number of hydrogen-bond donors (Lipinski definition) is 0. The minimum absolute atomic E-state index is 0. The molecular weight excluding hydrogens is 181 g/mol. The molecule has 0 radical (unpaired) electrons. The molecule has 4 nitrogen and oxygen atoms in total. The van der Waals surface area contributed by atoms with Gasteiger partial charge >= 0.3 is 29.6 Å². The normalized spacial score (nSPS) is 9.00. The molecule has 1 rings (SSSR count). The van der Waals surface area contributed by atoms with Crippen LogP contribution in [0.5, 0.6) is 0 Å². The molecule has 0 atom stereocenters. The zero-order valence-corrected chi connectivity index (χ0v) is 9.61. The summed E-state index contributed by atoms with van der Waals surface area (Å²) in [7, 11) is 0. The van der Waals surface area contributed by atoms with Gasteiger partial charge in [-0.3, -0.25) is 4.79 Å². The van der Waals surface area contributed by atoms with Crippen molar-refractivity contribution in [3.63, 3.8) is 0 Å². The Hall–Kier alpha value is -0.580. The topological polar surface area (TPSA) is 62.1 Å². The van der Waals surface area contributed by atoms with Crippen LogP contribution in [-0.4, -0.2) is 10.5 Å². The van der Waals surface area contributed by atoms with E-state index in [-0.39, 0.29) is 41.7 Å². The molecule has 5 heteroatoms. The van der Waals surface area contributed by atoms with Crippen LogP contribution in [0.25, 0.3) is 0 Å². The predicted octanol–water partition coefficient (Wildman–Crippen LogP) is -4.09. The van der Waals surface area contributed by atoms with Crippen molar-refractivity contribution in [3.8, 4) is 0 Å². The van der Waals surface area contributed by atoms with Crippen molar-refractivity contribution < 1.29 is 39.5 Å². The summed E-state index contributed by atoms with van der Waals surface area (Å²) in [5, 5.41) is 10.2. The molecule has 64 valence electrons. The molecule has 0 fully saturated rings. The molecule has 0 aromatic carbocycles. The Morgan fingerprint density at radius 2 is 2.23 bits per heavy atom. The van der Waals surface area contributed by atoms with Gasteiger partial charge in [0.1, 0.15) is 0 Å². The first-order valence-corrected chi connectivity index (χ1v) is 3.47. The van der Waals surface area contributed by atoms with E-state index < -0.39 is 5.97 Å². The molecule has 0 spiro atoms. The van der Waals surface area contributed by atoms with Gasteiger partial charge in [0.2, 0.25) is 0 Å². The van der Waals surface area contributed by atoms with Crippen molar-refractivity contribution >= 4 is 5.97 Å². The van der Waals surface area contributed by atoms with E-state index >= 15 is 0 Å². The number of carbonyl (C=O) groups excluding carboxylic acids is 1. The van der Waals surface area contributed by atoms with Gasteiger partial charge in [-0.1, -0.05) is 6.07 Å². The Labute approximate surface area is 97.5 Å². The fourth-order valence-corrected chi connectivity index (χ4v) is 0.920. The maximum Gasteiger partial charge on any atom is 1.00 e. The Kier molecular flexibility index (Phi) is 4.98. The van der Waals surface area contributed by atoms with Gasteiger partial charge in [-0.2, -0.15) is 0 Å². The summed E-state index contributed by atoms with van der Waals surface area (Å²) in [6.07, 6.45) is 1.42. The van der Waals surface area contributed by atoms with Crippen LogP contribution < -0.4 is 40.2 Å². The molecular formula is C8H8NNaO3. The second-order valence-corrected chi connectivity index (χ2v) is 2.50. The second-order valence-electron chi connectivity index (χ2n) is 2.50. The second kappa shape index (κ2) is 5.21. The molecule has 0 bridgehead atoms. The third kappa shape index (κ3) is 3.34. The van der Waals surface area contributed by atoms with Gasteiger partial charge in [-0.25, -0.2) is 0 Å². The number of carbonyl (C=O) groups is 1. The number of hydrogen-bond acceptors (Lipinski definition) is 3.